The van der Waals surface area contributed by atoms with Crippen LogP contribution in [0.4, 0.5) is 0 Å². The Balaban J connectivity index is 1.80. The van der Waals surface area contributed by atoms with Crippen LogP contribution >= 0.6 is 11.5 Å². The van der Waals surface area contributed by atoms with Crippen molar-refractivity contribution >= 4 is 29.3 Å². The number of methoxy groups -OCH3 is 1. The smallest absolute Gasteiger partial charge is 0.339 e. The average Bonchev–Trinajstić information content (AvgIpc) is 3.29. The second kappa shape index (κ2) is 6.93. The lowest BCUT2D eigenvalue weighted by atomic mass is 10.2. The summed E-state index contributed by atoms with van der Waals surface area (Å²) in [6.45, 7) is 2.55. The van der Waals surface area contributed by atoms with Gasteiger partial charge < -0.3 is 4.74 Å². The highest BCUT2D eigenvalue weighted by Gasteiger charge is 2.34. The molecule has 2 amide bonds. The Bertz CT molecular complexity index is 820. The average molecular weight is 361 g/mol. The molecular weight excluding hydrogens is 346 g/mol. The molecule has 130 valence electrons. The van der Waals surface area contributed by atoms with Gasteiger partial charge in [-0.15, -0.1) is 5.10 Å². The number of hydrazine groups is 1. The number of carbonyl (C=O) groups excluding carboxylic acids is 3. The van der Waals surface area contributed by atoms with Gasteiger partial charge in [-0.05, 0) is 37.0 Å². The number of carbonyl (C=O) groups is 3. The number of ether oxygens (including phenoxy) is 1. The van der Waals surface area contributed by atoms with Crippen LogP contribution < -0.4 is 0 Å². The number of hydrogen-bond acceptors (Lipinski definition) is 8. The number of aromatic nitrogens is 3. The zero-order valence-electron chi connectivity index (χ0n) is 13.6. The maximum Gasteiger partial charge on any atom is 0.339 e. The highest BCUT2D eigenvalue weighted by Crippen LogP contribution is 2.20. The number of esters is 1. The normalized spacial score (nSPS) is 13.8. The molecule has 2 aromatic heterocycles. The maximum atomic E-state index is 12.7. The molecule has 2 aromatic rings. The van der Waals surface area contributed by atoms with E-state index in [0.717, 1.165) is 11.5 Å². The minimum absolute atomic E-state index is 0.145. The van der Waals surface area contributed by atoms with Gasteiger partial charge in [0, 0.05) is 19.3 Å². The van der Waals surface area contributed by atoms with E-state index in [2.05, 4.69) is 19.3 Å². The zero-order chi connectivity index (χ0) is 18.0. The number of aryl methyl sites for hydroxylation is 1. The molecule has 0 bridgehead atoms. The van der Waals surface area contributed by atoms with E-state index in [-0.39, 0.29) is 17.2 Å². The fourth-order valence-electron chi connectivity index (χ4n) is 2.47. The van der Waals surface area contributed by atoms with Gasteiger partial charge in [-0.3, -0.25) is 14.6 Å². The van der Waals surface area contributed by atoms with Crippen molar-refractivity contribution in [3.05, 3.63) is 40.2 Å². The third-order valence-corrected chi connectivity index (χ3v) is 4.57. The Hall–Kier alpha value is -2.88. The molecule has 0 aromatic carbocycles. The SMILES string of the molecule is COC(=O)c1ccc(C(=O)N2CCCN2C(=O)c2snnc2C)nc1. The minimum atomic E-state index is -0.530. The summed E-state index contributed by atoms with van der Waals surface area (Å²) in [7, 11) is 1.27. The molecule has 1 aliphatic heterocycles. The molecule has 0 unspecified atom stereocenters. The largest absolute Gasteiger partial charge is 0.465 e. The lowest BCUT2D eigenvalue weighted by Gasteiger charge is -2.27. The number of nitrogens with zero attached hydrogens (tertiary/aromatic N) is 5. The molecule has 25 heavy (non-hydrogen) atoms. The predicted molar refractivity (Wildman–Crippen MR) is 86.9 cm³/mol. The highest BCUT2D eigenvalue weighted by molar-refractivity contribution is 7.07. The molecule has 10 heteroatoms. The van der Waals surface area contributed by atoms with Gasteiger partial charge in [-0.25, -0.2) is 14.8 Å². The summed E-state index contributed by atoms with van der Waals surface area (Å²) in [4.78, 5) is 41.2. The number of rotatable bonds is 3. The van der Waals surface area contributed by atoms with Crippen LogP contribution in [0, 0.1) is 6.92 Å². The van der Waals surface area contributed by atoms with Gasteiger partial charge in [-0.2, -0.15) is 0 Å². The Morgan fingerprint density at radius 3 is 2.44 bits per heavy atom. The van der Waals surface area contributed by atoms with Crippen molar-refractivity contribution in [3.8, 4) is 0 Å². The van der Waals surface area contributed by atoms with Crippen molar-refractivity contribution in [1.82, 2.24) is 24.6 Å². The Kier molecular flexibility index (Phi) is 4.70. The van der Waals surface area contributed by atoms with Crippen LogP contribution in [0.1, 0.15) is 42.6 Å². The van der Waals surface area contributed by atoms with E-state index in [4.69, 9.17) is 0 Å². The van der Waals surface area contributed by atoms with Crippen molar-refractivity contribution in [2.24, 2.45) is 0 Å². The molecule has 1 fully saturated rings. The molecule has 0 saturated carbocycles. The molecular formula is C15H15N5O4S. The summed E-state index contributed by atoms with van der Waals surface area (Å²) in [5, 5.41) is 6.58. The van der Waals surface area contributed by atoms with Gasteiger partial charge in [-0.1, -0.05) is 4.49 Å². The van der Waals surface area contributed by atoms with E-state index in [0.29, 0.717) is 30.1 Å². The summed E-state index contributed by atoms with van der Waals surface area (Å²) in [6, 6.07) is 2.90. The van der Waals surface area contributed by atoms with Gasteiger partial charge in [0.1, 0.15) is 10.6 Å². The number of amides is 2. The summed E-state index contributed by atoms with van der Waals surface area (Å²) in [5.74, 6) is -1.24. The van der Waals surface area contributed by atoms with E-state index >= 15 is 0 Å². The van der Waals surface area contributed by atoms with Gasteiger partial charge in [0.15, 0.2) is 0 Å². The van der Waals surface area contributed by atoms with E-state index in [9.17, 15) is 14.4 Å². The first-order valence-corrected chi connectivity index (χ1v) is 8.27. The first-order chi connectivity index (χ1) is 12.0. The molecule has 0 spiro atoms. The third kappa shape index (κ3) is 3.20. The molecule has 3 rings (SSSR count). The van der Waals surface area contributed by atoms with Crippen LogP contribution in [0.3, 0.4) is 0 Å². The molecule has 0 N–H and O–H groups in total. The summed E-state index contributed by atoms with van der Waals surface area (Å²) >= 11 is 1.00. The summed E-state index contributed by atoms with van der Waals surface area (Å²) in [6.07, 6.45) is 1.95. The van der Waals surface area contributed by atoms with Gasteiger partial charge in [0.2, 0.25) is 0 Å². The van der Waals surface area contributed by atoms with Crippen LogP contribution in [0.5, 0.6) is 0 Å². The lowest BCUT2D eigenvalue weighted by Crippen LogP contribution is -2.45. The third-order valence-electron chi connectivity index (χ3n) is 3.75. The monoisotopic (exact) mass is 361 g/mol. The minimum Gasteiger partial charge on any atom is -0.465 e. The van der Waals surface area contributed by atoms with Crippen molar-refractivity contribution in [2.45, 2.75) is 13.3 Å². The van der Waals surface area contributed by atoms with E-state index < -0.39 is 11.9 Å². The lowest BCUT2D eigenvalue weighted by molar-refractivity contribution is 0.0185. The molecule has 0 aliphatic carbocycles. The molecule has 3 heterocycles. The maximum absolute atomic E-state index is 12.7. The Morgan fingerprint density at radius 2 is 1.88 bits per heavy atom. The van der Waals surface area contributed by atoms with Crippen LogP contribution in [0.25, 0.3) is 0 Å². The molecule has 1 aliphatic rings. The van der Waals surface area contributed by atoms with Crippen molar-refractivity contribution < 1.29 is 19.1 Å². The fourth-order valence-corrected chi connectivity index (χ4v) is 3.07. The second-order valence-corrected chi connectivity index (χ2v) is 6.08. The number of pyridine rings is 1. The number of hydrogen-bond donors (Lipinski definition) is 0. The van der Waals surface area contributed by atoms with Crippen LogP contribution in [-0.2, 0) is 4.74 Å². The van der Waals surface area contributed by atoms with Crippen LogP contribution in [0.2, 0.25) is 0 Å². The highest BCUT2D eigenvalue weighted by atomic mass is 32.1. The van der Waals surface area contributed by atoms with E-state index in [1.54, 1.807) is 6.92 Å². The van der Waals surface area contributed by atoms with Gasteiger partial charge in [0.25, 0.3) is 11.8 Å². The standard InChI is InChI=1S/C15H15N5O4S/c1-9-12(25-18-17-9)14(22)20-7-3-6-19(20)13(21)11-5-4-10(8-16-11)15(23)24-2/h4-5,8H,3,6-7H2,1-2H3. The quantitative estimate of drug-likeness (QED) is 0.749. The van der Waals surface area contributed by atoms with Crippen molar-refractivity contribution in [3.63, 3.8) is 0 Å². The van der Waals surface area contributed by atoms with Crippen molar-refractivity contribution in [2.75, 3.05) is 20.2 Å². The first kappa shape index (κ1) is 17.0. The second-order valence-electron chi connectivity index (χ2n) is 5.32. The van der Waals surface area contributed by atoms with Crippen LogP contribution in [-0.4, -0.2) is 62.6 Å². The van der Waals surface area contributed by atoms with Crippen LogP contribution in [0.15, 0.2) is 18.3 Å². The topological polar surface area (TPSA) is 106 Å². The first-order valence-electron chi connectivity index (χ1n) is 7.50. The van der Waals surface area contributed by atoms with E-state index in [1.807, 2.05) is 0 Å². The summed E-state index contributed by atoms with van der Waals surface area (Å²) < 4.78 is 8.36. The fraction of sp³-hybridized carbons (Fsp3) is 0.333. The molecule has 1 saturated heterocycles. The molecule has 0 atom stereocenters. The predicted octanol–water partition coefficient (Wildman–Crippen LogP) is 0.931. The summed E-state index contributed by atoms with van der Waals surface area (Å²) in [5.41, 5.74) is 0.932. The molecule has 9 nitrogen and oxygen atoms in total. The van der Waals surface area contributed by atoms with E-state index in [1.165, 1.54) is 35.5 Å². The Labute approximate surface area is 147 Å². The van der Waals surface area contributed by atoms with Gasteiger partial charge >= 0.3 is 5.97 Å². The van der Waals surface area contributed by atoms with Crippen molar-refractivity contribution in [1.29, 1.82) is 0 Å². The zero-order valence-corrected chi connectivity index (χ0v) is 14.4. The Morgan fingerprint density at radius 1 is 1.16 bits per heavy atom. The van der Waals surface area contributed by atoms with Gasteiger partial charge in [0.05, 0.1) is 18.4 Å². The molecule has 0 radical (unpaired) electrons.